The molecule has 0 fully saturated rings. The first-order valence-electron chi connectivity index (χ1n) is 8.78. The summed E-state index contributed by atoms with van der Waals surface area (Å²) in [5.74, 6) is 0.765. The van der Waals surface area contributed by atoms with Crippen LogP contribution < -0.4 is 4.72 Å². The topological polar surface area (TPSA) is 64.0 Å². The lowest BCUT2D eigenvalue weighted by atomic mass is 10.2. The first kappa shape index (κ1) is 18.0. The highest BCUT2D eigenvalue weighted by Crippen LogP contribution is 2.25. The molecule has 1 N–H and O–H groups in total. The Kier molecular flexibility index (Phi) is 4.71. The van der Waals surface area contributed by atoms with Gasteiger partial charge < -0.3 is 0 Å². The van der Waals surface area contributed by atoms with Crippen LogP contribution >= 0.6 is 0 Å². The van der Waals surface area contributed by atoms with Crippen molar-refractivity contribution < 1.29 is 8.42 Å². The molecule has 1 aromatic heterocycles. The second-order valence-electron chi connectivity index (χ2n) is 6.46. The lowest BCUT2D eigenvalue weighted by molar-refractivity contribution is 0.607. The van der Waals surface area contributed by atoms with E-state index >= 15 is 0 Å². The number of benzene rings is 3. The van der Waals surface area contributed by atoms with Crippen LogP contribution in [0.5, 0.6) is 0 Å². The third-order valence-corrected chi connectivity index (χ3v) is 4.83. The van der Waals surface area contributed by atoms with Gasteiger partial charge in [-0.3, -0.25) is 9.29 Å². The van der Waals surface area contributed by atoms with Gasteiger partial charge in [-0.05, 0) is 42.0 Å². The van der Waals surface area contributed by atoms with Crippen LogP contribution in [0.3, 0.4) is 0 Å². The van der Waals surface area contributed by atoms with Gasteiger partial charge in [0.1, 0.15) is 5.82 Å². The minimum atomic E-state index is -3.35. The summed E-state index contributed by atoms with van der Waals surface area (Å²) in [5.41, 5.74) is 4.24. The van der Waals surface area contributed by atoms with Crippen molar-refractivity contribution in [3.63, 3.8) is 0 Å². The van der Waals surface area contributed by atoms with Gasteiger partial charge in [-0.1, -0.05) is 54.6 Å². The Bertz CT molecular complexity index is 1260. The molecule has 6 heteroatoms. The Morgan fingerprint density at radius 3 is 2.43 bits per heavy atom. The van der Waals surface area contributed by atoms with E-state index in [4.69, 9.17) is 4.98 Å². The highest BCUT2D eigenvalue weighted by molar-refractivity contribution is 7.92. The fourth-order valence-corrected chi connectivity index (χ4v) is 3.64. The van der Waals surface area contributed by atoms with E-state index in [1.54, 1.807) is 12.1 Å². The molecule has 0 aliphatic carbocycles. The summed E-state index contributed by atoms with van der Waals surface area (Å²) in [6, 6.07) is 25.2. The monoisotopic (exact) mass is 389 g/mol. The molecular formula is C22H19N3O2S. The predicted molar refractivity (Wildman–Crippen MR) is 115 cm³/mol. The highest BCUT2D eigenvalue weighted by Gasteiger charge is 2.11. The lowest BCUT2D eigenvalue weighted by Crippen LogP contribution is -2.10. The van der Waals surface area contributed by atoms with Crippen LogP contribution in [0.15, 0.2) is 78.9 Å². The Labute approximate surface area is 164 Å². The minimum Gasteiger partial charge on any atom is -0.293 e. The predicted octanol–water partition coefficient (Wildman–Crippen LogP) is 4.57. The number of nitrogens with one attached hydrogen (secondary N) is 1. The largest absolute Gasteiger partial charge is 0.293 e. The van der Waals surface area contributed by atoms with E-state index in [-0.39, 0.29) is 0 Å². The zero-order valence-electron chi connectivity index (χ0n) is 15.3. The van der Waals surface area contributed by atoms with E-state index in [0.717, 1.165) is 34.4 Å². The normalized spacial score (nSPS) is 11.9. The van der Waals surface area contributed by atoms with Crippen molar-refractivity contribution in [2.75, 3.05) is 11.0 Å². The van der Waals surface area contributed by atoms with E-state index in [0.29, 0.717) is 5.69 Å². The summed E-state index contributed by atoms with van der Waals surface area (Å²) in [6.07, 6.45) is 5.11. The quantitative estimate of drug-likeness (QED) is 0.544. The molecule has 0 bridgehead atoms. The van der Waals surface area contributed by atoms with Gasteiger partial charge in [0.25, 0.3) is 0 Å². The molecule has 0 spiro atoms. The molecule has 0 saturated heterocycles. The number of fused-ring (bicyclic) bond motifs is 1. The van der Waals surface area contributed by atoms with Gasteiger partial charge in [-0.2, -0.15) is 0 Å². The molecule has 140 valence electrons. The Morgan fingerprint density at radius 2 is 1.64 bits per heavy atom. The van der Waals surface area contributed by atoms with Crippen molar-refractivity contribution in [2.45, 2.75) is 0 Å². The zero-order chi connectivity index (χ0) is 19.6. The summed E-state index contributed by atoms with van der Waals surface area (Å²) in [6.45, 7) is 0. The third-order valence-electron chi connectivity index (χ3n) is 4.22. The van der Waals surface area contributed by atoms with Crippen LogP contribution in [0, 0.1) is 0 Å². The van der Waals surface area contributed by atoms with E-state index in [9.17, 15) is 8.42 Å². The molecule has 4 rings (SSSR count). The van der Waals surface area contributed by atoms with E-state index in [2.05, 4.69) is 4.72 Å². The minimum absolute atomic E-state index is 0.510. The third kappa shape index (κ3) is 3.97. The average Bonchev–Trinajstić information content (AvgIpc) is 3.04. The standard InChI is InChI=1S/C22H19N3O2S/c1-28(26,27)24-18-10-7-11-19(16-18)25-21-13-6-5-12-20(21)23-22(25)15-14-17-8-3-2-4-9-17/h2-16,24H,1H3/b15-14+. The maximum absolute atomic E-state index is 11.6. The number of aromatic nitrogens is 2. The number of imidazole rings is 1. The van der Waals surface area contributed by atoms with Crippen molar-refractivity contribution in [3.8, 4) is 5.69 Å². The Morgan fingerprint density at radius 1 is 0.893 bits per heavy atom. The molecule has 5 nitrogen and oxygen atoms in total. The maximum atomic E-state index is 11.6. The molecule has 3 aromatic carbocycles. The second kappa shape index (κ2) is 7.32. The fraction of sp³-hybridized carbons (Fsp3) is 0.0455. The molecule has 0 radical (unpaired) electrons. The van der Waals surface area contributed by atoms with Gasteiger partial charge in [-0.15, -0.1) is 0 Å². The molecule has 0 amide bonds. The van der Waals surface area contributed by atoms with Gasteiger partial charge in [0, 0.05) is 5.69 Å². The van der Waals surface area contributed by atoms with Crippen molar-refractivity contribution in [1.82, 2.24) is 9.55 Å². The van der Waals surface area contributed by atoms with Gasteiger partial charge in [0.05, 0.1) is 23.0 Å². The molecule has 0 atom stereocenters. The fourth-order valence-electron chi connectivity index (χ4n) is 3.09. The smallest absolute Gasteiger partial charge is 0.229 e. The van der Waals surface area contributed by atoms with Crippen molar-refractivity contribution >= 4 is 38.9 Å². The average molecular weight is 389 g/mol. The number of hydrogen-bond donors (Lipinski definition) is 1. The molecule has 0 saturated carbocycles. The van der Waals surface area contributed by atoms with Crippen molar-refractivity contribution in [2.24, 2.45) is 0 Å². The van der Waals surface area contributed by atoms with E-state index < -0.39 is 10.0 Å². The van der Waals surface area contributed by atoms with Crippen LogP contribution in [0.1, 0.15) is 11.4 Å². The van der Waals surface area contributed by atoms with Crippen molar-refractivity contribution in [3.05, 3.63) is 90.3 Å². The van der Waals surface area contributed by atoms with Crippen LogP contribution in [0.25, 0.3) is 28.9 Å². The number of para-hydroxylation sites is 2. The van der Waals surface area contributed by atoms with Crippen LogP contribution in [-0.2, 0) is 10.0 Å². The molecule has 0 aliphatic heterocycles. The second-order valence-corrected chi connectivity index (χ2v) is 8.21. The zero-order valence-corrected chi connectivity index (χ0v) is 16.1. The van der Waals surface area contributed by atoms with E-state index in [1.807, 2.05) is 83.4 Å². The SMILES string of the molecule is CS(=O)(=O)Nc1cccc(-n2c(/C=C/c3ccccc3)nc3ccccc32)c1. The van der Waals surface area contributed by atoms with Crippen LogP contribution in [-0.4, -0.2) is 24.2 Å². The Hall–Kier alpha value is -3.38. The number of hydrogen-bond acceptors (Lipinski definition) is 3. The summed E-state index contributed by atoms with van der Waals surface area (Å²) in [7, 11) is -3.35. The first-order chi connectivity index (χ1) is 13.5. The maximum Gasteiger partial charge on any atom is 0.229 e. The molecular weight excluding hydrogens is 370 g/mol. The van der Waals surface area contributed by atoms with Crippen molar-refractivity contribution in [1.29, 1.82) is 0 Å². The van der Waals surface area contributed by atoms with E-state index in [1.165, 1.54) is 0 Å². The lowest BCUT2D eigenvalue weighted by Gasteiger charge is -2.10. The summed E-state index contributed by atoms with van der Waals surface area (Å²) in [5, 5.41) is 0. The number of rotatable bonds is 5. The number of sulfonamides is 1. The summed E-state index contributed by atoms with van der Waals surface area (Å²) >= 11 is 0. The highest BCUT2D eigenvalue weighted by atomic mass is 32.2. The Balaban J connectivity index is 1.84. The van der Waals surface area contributed by atoms with Gasteiger partial charge in [-0.25, -0.2) is 13.4 Å². The summed E-state index contributed by atoms with van der Waals surface area (Å²) in [4.78, 5) is 4.75. The molecule has 0 unspecified atom stereocenters. The molecule has 28 heavy (non-hydrogen) atoms. The van der Waals surface area contributed by atoms with Gasteiger partial charge in [0.2, 0.25) is 10.0 Å². The van der Waals surface area contributed by atoms with Gasteiger partial charge >= 0.3 is 0 Å². The van der Waals surface area contributed by atoms with Gasteiger partial charge in [0.15, 0.2) is 0 Å². The molecule has 0 aliphatic rings. The molecule has 4 aromatic rings. The molecule has 1 heterocycles. The van der Waals surface area contributed by atoms with Crippen LogP contribution in [0.2, 0.25) is 0 Å². The number of nitrogens with zero attached hydrogens (tertiary/aromatic N) is 2. The summed E-state index contributed by atoms with van der Waals surface area (Å²) < 4.78 is 27.7. The number of anilines is 1. The van der Waals surface area contributed by atoms with Crippen LogP contribution in [0.4, 0.5) is 5.69 Å². The first-order valence-corrected chi connectivity index (χ1v) is 10.7.